The minimum atomic E-state index is -0.553. The molecule has 8 heavy (non-hydrogen) atoms. The molecule has 0 amide bonds. The van der Waals surface area contributed by atoms with Gasteiger partial charge in [0.05, 0.1) is 0 Å². The fourth-order valence-corrected chi connectivity index (χ4v) is 2.09. The first-order valence-electron chi connectivity index (χ1n) is 3.27. The van der Waals surface area contributed by atoms with Crippen molar-refractivity contribution in [3.05, 3.63) is 0 Å². The van der Waals surface area contributed by atoms with Crippen LogP contribution in [0.2, 0.25) is 10.6 Å². The molecule has 0 aromatic carbocycles. The summed E-state index contributed by atoms with van der Waals surface area (Å²) < 4.78 is 0. The fraction of sp³-hybridized carbons (Fsp3) is 0.714. The highest BCUT2D eigenvalue weighted by molar-refractivity contribution is 6.67. The van der Waals surface area contributed by atoms with E-state index in [9.17, 15) is 0 Å². The molecule has 0 saturated carbocycles. The maximum Gasteiger partial charge on any atom is 0.375 e. The van der Waals surface area contributed by atoms with Crippen LogP contribution in [0, 0.1) is 10.7 Å². The van der Waals surface area contributed by atoms with Gasteiger partial charge in [-0.25, -0.2) is 4.78 Å². The molecule has 0 aliphatic heterocycles. The van der Waals surface area contributed by atoms with Gasteiger partial charge in [-0.05, 0) is 6.92 Å². The standard InChI is InChI=1S/C3H3.2C2H5.Al/c1-3-2;2*1-2;/h1H3;2*1H2,2H3;. The van der Waals surface area contributed by atoms with Crippen LogP contribution in [0.5, 0.6) is 0 Å². The summed E-state index contributed by atoms with van der Waals surface area (Å²) in [5.74, 6) is 2.98. The lowest BCUT2D eigenvalue weighted by atomic mass is 10.8. The Hall–Kier alpha value is 0.0925. The highest BCUT2D eigenvalue weighted by Gasteiger charge is 2.06. The SMILES string of the molecule is CC#[C][Al]([CH2]C)[CH2]C. The van der Waals surface area contributed by atoms with E-state index in [1.54, 1.807) is 0 Å². The summed E-state index contributed by atoms with van der Waals surface area (Å²) in [6.45, 7) is 6.42. The molecular weight excluding hydrogens is 111 g/mol. The van der Waals surface area contributed by atoms with Gasteiger partial charge in [0.15, 0.2) is 0 Å². The molecule has 0 N–H and O–H groups in total. The lowest BCUT2D eigenvalue weighted by Crippen LogP contribution is -2.04. The third kappa shape index (κ3) is 3.14. The average Bonchev–Trinajstić information content (AvgIpc) is 1.83. The van der Waals surface area contributed by atoms with Gasteiger partial charge in [0.25, 0.3) is 0 Å². The molecule has 0 atom stereocenters. The largest absolute Gasteiger partial charge is 0.375 e. The van der Waals surface area contributed by atoms with Crippen LogP contribution >= 0.6 is 0 Å². The summed E-state index contributed by atoms with van der Waals surface area (Å²) in [5, 5.41) is 2.66. The summed E-state index contributed by atoms with van der Waals surface area (Å²) in [5.41, 5.74) is 0. The molecule has 0 nitrogen and oxygen atoms in total. The third-order valence-corrected chi connectivity index (χ3v) is 4.00. The quantitative estimate of drug-likeness (QED) is 0.390. The van der Waals surface area contributed by atoms with E-state index in [1.165, 1.54) is 10.6 Å². The molecule has 0 aliphatic rings. The van der Waals surface area contributed by atoms with Crippen LogP contribution in [0.3, 0.4) is 0 Å². The predicted molar refractivity (Wildman–Crippen MR) is 40.2 cm³/mol. The lowest BCUT2D eigenvalue weighted by Gasteiger charge is -1.90. The number of hydrogen-bond donors (Lipinski definition) is 0. The van der Waals surface area contributed by atoms with Crippen molar-refractivity contribution in [3.8, 4) is 10.7 Å². The molecule has 0 saturated heterocycles. The normalized spacial score (nSPS) is 7.38. The van der Waals surface area contributed by atoms with E-state index in [0.29, 0.717) is 0 Å². The van der Waals surface area contributed by atoms with Crippen molar-refractivity contribution in [3.63, 3.8) is 0 Å². The van der Waals surface area contributed by atoms with Gasteiger partial charge in [0.1, 0.15) is 0 Å². The van der Waals surface area contributed by atoms with Crippen LogP contribution in [0.15, 0.2) is 0 Å². The summed E-state index contributed by atoms with van der Waals surface area (Å²) >= 11 is -0.553. The van der Waals surface area contributed by atoms with Crippen molar-refractivity contribution in [2.75, 3.05) is 0 Å². The predicted octanol–water partition coefficient (Wildman–Crippen LogP) is 2.08. The number of hydrogen-bond acceptors (Lipinski definition) is 0. The minimum absolute atomic E-state index is 0.553. The highest BCUT2D eigenvalue weighted by Crippen LogP contribution is 1.94. The summed E-state index contributed by atoms with van der Waals surface area (Å²) in [4.78, 5) is 3.27. The van der Waals surface area contributed by atoms with Gasteiger partial charge >= 0.3 is 14.1 Å². The first-order valence-corrected chi connectivity index (χ1v) is 5.48. The second-order valence-electron chi connectivity index (χ2n) is 1.91. The molecule has 0 spiro atoms. The van der Waals surface area contributed by atoms with Crippen LogP contribution in [0.4, 0.5) is 0 Å². The Morgan fingerprint density at radius 1 is 1.25 bits per heavy atom. The zero-order valence-electron chi connectivity index (χ0n) is 5.99. The van der Waals surface area contributed by atoms with Crippen LogP contribution in [0.25, 0.3) is 0 Å². The maximum atomic E-state index is 3.27. The monoisotopic (exact) mass is 124 g/mol. The van der Waals surface area contributed by atoms with E-state index in [-0.39, 0.29) is 0 Å². The third-order valence-electron chi connectivity index (χ3n) is 1.33. The van der Waals surface area contributed by atoms with Gasteiger partial charge in [-0.3, -0.25) is 0 Å². The molecule has 0 aromatic rings. The molecule has 0 rings (SSSR count). The molecule has 44 valence electrons. The van der Waals surface area contributed by atoms with Gasteiger partial charge < -0.3 is 0 Å². The van der Waals surface area contributed by atoms with E-state index in [4.69, 9.17) is 0 Å². The zero-order valence-corrected chi connectivity index (χ0v) is 7.15. The van der Waals surface area contributed by atoms with Gasteiger partial charge in [-0.2, -0.15) is 0 Å². The van der Waals surface area contributed by atoms with Gasteiger partial charge in [0, 0.05) is 0 Å². The second-order valence-corrected chi connectivity index (χ2v) is 5.22. The second kappa shape index (κ2) is 5.23. The van der Waals surface area contributed by atoms with Gasteiger partial charge in [-0.1, -0.05) is 24.4 Å². The summed E-state index contributed by atoms with van der Waals surface area (Å²) in [7, 11) is 0. The topological polar surface area (TPSA) is 0 Å². The van der Waals surface area contributed by atoms with Gasteiger partial charge in [0.2, 0.25) is 0 Å². The van der Waals surface area contributed by atoms with Crippen molar-refractivity contribution in [2.45, 2.75) is 31.3 Å². The van der Waals surface area contributed by atoms with Crippen LogP contribution in [-0.2, 0) is 0 Å². The Morgan fingerprint density at radius 3 is 1.88 bits per heavy atom. The van der Waals surface area contributed by atoms with E-state index in [2.05, 4.69) is 24.6 Å². The van der Waals surface area contributed by atoms with Crippen LogP contribution < -0.4 is 0 Å². The van der Waals surface area contributed by atoms with Crippen LogP contribution in [0.1, 0.15) is 20.8 Å². The van der Waals surface area contributed by atoms with E-state index >= 15 is 0 Å². The Labute approximate surface area is 56.7 Å². The van der Waals surface area contributed by atoms with Crippen molar-refractivity contribution in [1.82, 2.24) is 0 Å². The molecule has 1 heteroatoms. The van der Waals surface area contributed by atoms with Crippen LogP contribution in [-0.4, -0.2) is 14.1 Å². The minimum Gasteiger partial charge on any atom is -0.205 e. The first-order chi connectivity index (χ1) is 3.85. The molecule has 0 heterocycles. The van der Waals surface area contributed by atoms with E-state index < -0.39 is 14.1 Å². The maximum absolute atomic E-state index is 3.27. The molecule has 0 aliphatic carbocycles. The molecule has 0 radical (unpaired) electrons. The van der Waals surface area contributed by atoms with E-state index in [0.717, 1.165) is 0 Å². The van der Waals surface area contributed by atoms with E-state index in [1.807, 2.05) is 6.92 Å². The van der Waals surface area contributed by atoms with Crippen molar-refractivity contribution in [1.29, 1.82) is 0 Å². The first kappa shape index (κ1) is 8.09. The fourth-order valence-electron chi connectivity index (χ4n) is 0.697. The average molecular weight is 124 g/mol. The van der Waals surface area contributed by atoms with Crippen molar-refractivity contribution in [2.24, 2.45) is 0 Å². The van der Waals surface area contributed by atoms with Crippen molar-refractivity contribution < 1.29 is 0 Å². The van der Waals surface area contributed by atoms with Gasteiger partial charge in [-0.15, -0.1) is 5.92 Å². The molecule has 0 fully saturated rings. The zero-order chi connectivity index (χ0) is 6.41. The summed E-state index contributed by atoms with van der Waals surface area (Å²) in [6.07, 6.45) is 0. The smallest absolute Gasteiger partial charge is 0.205 e. The molecular formula is C7H13Al. The highest BCUT2D eigenvalue weighted by atomic mass is 27.2. The number of rotatable bonds is 2. The molecule has 0 bridgehead atoms. The molecule has 0 aromatic heterocycles. The Morgan fingerprint density at radius 2 is 1.75 bits per heavy atom. The Bertz CT molecular complexity index is 92.7. The Kier molecular flexibility index (Phi) is 5.29. The Balaban J connectivity index is 3.47. The lowest BCUT2D eigenvalue weighted by molar-refractivity contribution is 1.34. The van der Waals surface area contributed by atoms with Crippen molar-refractivity contribution >= 4 is 14.1 Å². The summed E-state index contributed by atoms with van der Waals surface area (Å²) in [6, 6.07) is 0. The molecule has 0 unspecified atom stereocenters.